The van der Waals surface area contributed by atoms with Crippen molar-refractivity contribution in [1.82, 2.24) is 10.3 Å². The highest BCUT2D eigenvalue weighted by Gasteiger charge is 2.26. The predicted molar refractivity (Wildman–Crippen MR) is 89.6 cm³/mol. The Hall–Kier alpha value is -1.23. The second-order valence-electron chi connectivity index (χ2n) is 5.91. The Morgan fingerprint density at radius 1 is 1.24 bits per heavy atom. The SMILES string of the molecule is COC(C)(C)c1nc(CNC(C)C)c(-c2ccccc2)s1. The Kier molecular flexibility index (Phi) is 5.14. The average molecular weight is 304 g/mol. The first-order valence-electron chi connectivity index (χ1n) is 7.28. The molecule has 2 rings (SSSR count). The number of ether oxygens (including phenoxy) is 1. The predicted octanol–water partition coefficient (Wildman–Crippen LogP) is 4.19. The van der Waals surface area contributed by atoms with E-state index in [9.17, 15) is 0 Å². The van der Waals surface area contributed by atoms with E-state index < -0.39 is 0 Å². The first-order chi connectivity index (χ1) is 9.94. The second-order valence-corrected chi connectivity index (χ2v) is 6.91. The van der Waals surface area contributed by atoms with Crippen LogP contribution in [0.5, 0.6) is 0 Å². The van der Waals surface area contributed by atoms with Crippen molar-refractivity contribution >= 4 is 11.3 Å². The summed E-state index contributed by atoms with van der Waals surface area (Å²) in [6.07, 6.45) is 0. The van der Waals surface area contributed by atoms with E-state index in [-0.39, 0.29) is 5.60 Å². The zero-order valence-electron chi connectivity index (χ0n) is 13.4. The quantitative estimate of drug-likeness (QED) is 0.869. The van der Waals surface area contributed by atoms with Gasteiger partial charge in [0.15, 0.2) is 0 Å². The third kappa shape index (κ3) is 3.90. The molecule has 0 aliphatic heterocycles. The summed E-state index contributed by atoms with van der Waals surface area (Å²) in [5.74, 6) is 0. The molecule has 2 aromatic rings. The Morgan fingerprint density at radius 2 is 1.90 bits per heavy atom. The Labute approximate surface area is 131 Å². The van der Waals surface area contributed by atoms with Crippen LogP contribution in [-0.2, 0) is 16.9 Å². The largest absolute Gasteiger partial charge is 0.372 e. The van der Waals surface area contributed by atoms with Crippen molar-refractivity contribution < 1.29 is 4.74 Å². The molecular weight excluding hydrogens is 280 g/mol. The first kappa shape index (κ1) is 16.1. The van der Waals surface area contributed by atoms with E-state index >= 15 is 0 Å². The van der Waals surface area contributed by atoms with Crippen molar-refractivity contribution in [3.63, 3.8) is 0 Å². The Bertz CT molecular complexity index is 576. The molecule has 0 spiro atoms. The molecule has 3 nitrogen and oxygen atoms in total. The molecule has 0 atom stereocenters. The lowest BCUT2D eigenvalue weighted by Gasteiger charge is -2.19. The van der Waals surface area contributed by atoms with Crippen molar-refractivity contribution in [2.45, 2.75) is 45.9 Å². The summed E-state index contributed by atoms with van der Waals surface area (Å²) >= 11 is 1.72. The van der Waals surface area contributed by atoms with E-state index in [1.165, 1.54) is 10.4 Å². The van der Waals surface area contributed by atoms with Gasteiger partial charge in [0.1, 0.15) is 10.6 Å². The van der Waals surface area contributed by atoms with Crippen LogP contribution in [0.2, 0.25) is 0 Å². The lowest BCUT2D eigenvalue weighted by Crippen LogP contribution is -2.23. The zero-order chi connectivity index (χ0) is 15.5. The molecule has 4 heteroatoms. The minimum Gasteiger partial charge on any atom is -0.372 e. The van der Waals surface area contributed by atoms with Gasteiger partial charge in [0.25, 0.3) is 0 Å². The maximum absolute atomic E-state index is 5.58. The molecule has 1 aromatic heterocycles. The van der Waals surface area contributed by atoms with Gasteiger partial charge < -0.3 is 10.1 Å². The first-order valence-corrected chi connectivity index (χ1v) is 8.10. The molecule has 1 N–H and O–H groups in total. The number of benzene rings is 1. The topological polar surface area (TPSA) is 34.1 Å². The third-order valence-electron chi connectivity index (χ3n) is 3.44. The molecule has 0 fully saturated rings. The number of aromatic nitrogens is 1. The number of thiazole rings is 1. The number of hydrogen-bond acceptors (Lipinski definition) is 4. The van der Waals surface area contributed by atoms with Crippen LogP contribution < -0.4 is 5.32 Å². The van der Waals surface area contributed by atoms with Crippen LogP contribution in [0.15, 0.2) is 30.3 Å². The fourth-order valence-corrected chi connectivity index (χ4v) is 3.10. The van der Waals surface area contributed by atoms with Gasteiger partial charge >= 0.3 is 0 Å². The number of nitrogens with one attached hydrogen (secondary N) is 1. The van der Waals surface area contributed by atoms with Gasteiger partial charge in [-0.25, -0.2) is 4.98 Å². The van der Waals surface area contributed by atoms with Crippen molar-refractivity contribution in [3.8, 4) is 10.4 Å². The van der Waals surface area contributed by atoms with Crippen molar-refractivity contribution in [3.05, 3.63) is 41.0 Å². The molecule has 0 saturated carbocycles. The highest BCUT2D eigenvalue weighted by Crippen LogP contribution is 2.36. The summed E-state index contributed by atoms with van der Waals surface area (Å²) < 4.78 is 5.58. The summed E-state index contributed by atoms with van der Waals surface area (Å²) in [5, 5.41) is 4.48. The Morgan fingerprint density at radius 3 is 2.48 bits per heavy atom. The zero-order valence-corrected chi connectivity index (χ0v) is 14.3. The molecule has 0 aliphatic carbocycles. The van der Waals surface area contributed by atoms with E-state index in [1.54, 1.807) is 18.4 Å². The minimum absolute atomic E-state index is 0.357. The molecule has 0 radical (unpaired) electrons. The molecule has 114 valence electrons. The van der Waals surface area contributed by atoms with E-state index in [0.29, 0.717) is 6.04 Å². The van der Waals surface area contributed by atoms with E-state index in [1.807, 2.05) is 6.07 Å². The normalized spacial score (nSPS) is 12.1. The fraction of sp³-hybridized carbons (Fsp3) is 0.471. The van der Waals surface area contributed by atoms with Gasteiger partial charge in [-0.1, -0.05) is 44.2 Å². The lowest BCUT2D eigenvalue weighted by molar-refractivity contribution is 0.0189. The van der Waals surface area contributed by atoms with Crippen LogP contribution in [0, 0.1) is 0 Å². The molecule has 21 heavy (non-hydrogen) atoms. The highest BCUT2D eigenvalue weighted by molar-refractivity contribution is 7.15. The van der Waals surface area contributed by atoms with Crippen LogP contribution in [0.1, 0.15) is 38.4 Å². The fourth-order valence-electron chi connectivity index (χ4n) is 1.93. The number of nitrogens with zero attached hydrogens (tertiary/aromatic N) is 1. The monoisotopic (exact) mass is 304 g/mol. The summed E-state index contributed by atoms with van der Waals surface area (Å²) in [5.41, 5.74) is 1.96. The van der Waals surface area contributed by atoms with E-state index in [4.69, 9.17) is 9.72 Å². The molecular formula is C17H24N2OS. The van der Waals surface area contributed by atoms with Gasteiger partial charge in [0.05, 0.1) is 10.6 Å². The van der Waals surface area contributed by atoms with Gasteiger partial charge in [0, 0.05) is 19.7 Å². The number of hydrogen-bond donors (Lipinski definition) is 1. The van der Waals surface area contributed by atoms with Gasteiger partial charge in [-0.2, -0.15) is 0 Å². The van der Waals surface area contributed by atoms with Crippen LogP contribution in [-0.4, -0.2) is 18.1 Å². The minimum atomic E-state index is -0.357. The summed E-state index contributed by atoms with van der Waals surface area (Å²) in [6, 6.07) is 10.9. The maximum Gasteiger partial charge on any atom is 0.125 e. The summed E-state index contributed by atoms with van der Waals surface area (Å²) in [4.78, 5) is 6.06. The summed E-state index contributed by atoms with van der Waals surface area (Å²) in [6.45, 7) is 9.18. The maximum atomic E-state index is 5.58. The third-order valence-corrected chi connectivity index (χ3v) is 4.89. The van der Waals surface area contributed by atoms with Gasteiger partial charge in [-0.05, 0) is 19.4 Å². The van der Waals surface area contributed by atoms with Gasteiger partial charge in [0.2, 0.25) is 0 Å². The van der Waals surface area contributed by atoms with Gasteiger partial charge in [-0.15, -0.1) is 11.3 Å². The smallest absolute Gasteiger partial charge is 0.125 e. The standard InChI is InChI=1S/C17H24N2OS/c1-12(2)18-11-14-15(13-9-7-6-8-10-13)21-16(19-14)17(3,4)20-5/h6-10,12,18H,11H2,1-5H3. The molecule has 0 amide bonds. The molecule has 1 heterocycles. The number of methoxy groups -OCH3 is 1. The van der Waals surface area contributed by atoms with Crippen LogP contribution in [0.3, 0.4) is 0 Å². The molecule has 1 aromatic carbocycles. The van der Waals surface area contributed by atoms with Crippen molar-refractivity contribution in [2.24, 2.45) is 0 Å². The Balaban J connectivity index is 2.41. The average Bonchev–Trinajstić information content (AvgIpc) is 2.91. The van der Waals surface area contributed by atoms with Crippen LogP contribution >= 0.6 is 11.3 Å². The molecule has 0 bridgehead atoms. The van der Waals surface area contributed by atoms with E-state index in [2.05, 4.69) is 57.3 Å². The summed E-state index contributed by atoms with van der Waals surface area (Å²) in [7, 11) is 1.73. The van der Waals surface area contributed by atoms with Gasteiger partial charge in [-0.3, -0.25) is 0 Å². The van der Waals surface area contributed by atoms with Crippen LogP contribution in [0.25, 0.3) is 10.4 Å². The van der Waals surface area contributed by atoms with Crippen molar-refractivity contribution in [1.29, 1.82) is 0 Å². The van der Waals surface area contributed by atoms with Crippen molar-refractivity contribution in [2.75, 3.05) is 7.11 Å². The highest BCUT2D eigenvalue weighted by atomic mass is 32.1. The van der Waals surface area contributed by atoms with Crippen LogP contribution in [0.4, 0.5) is 0 Å². The molecule has 0 aliphatic rings. The number of rotatable bonds is 6. The molecule has 0 unspecified atom stereocenters. The lowest BCUT2D eigenvalue weighted by atomic mass is 10.1. The van der Waals surface area contributed by atoms with E-state index in [0.717, 1.165) is 17.2 Å². The molecule has 0 saturated heterocycles. The second kappa shape index (κ2) is 6.69.